The number of imidazole rings is 1. The predicted molar refractivity (Wildman–Crippen MR) is 166 cm³/mol. The van der Waals surface area contributed by atoms with E-state index in [1.807, 2.05) is 24.7 Å². The molecule has 9 aromatic rings. The van der Waals surface area contributed by atoms with Gasteiger partial charge in [0, 0.05) is 39.6 Å². The Kier molecular flexibility index (Phi) is 3.92. The molecule has 0 amide bonds. The van der Waals surface area contributed by atoms with E-state index in [-0.39, 0.29) is 0 Å². The van der Waals surface area contributed by atoms with E-state index in [2.05, 4.69) is 110 Å². The summed E-state index contributed by atoms with van der Waals surface area (Å²) in [7, 11) is 0. The van der Waals surface area contributed by atoms with Gasteiger partial charge >= 0.3 is 0 Å². The summed E-state index contributed by atoms with van der Waals surface area (Å²) >= 11 is 0. The molecule has 5 nitrogen and oxygen atoms in total. The van der Waals surface area contributed by atoms with Gasteiger partial charge in [0.05, 0.1) is 28.3 Å². The summed E-state index contributed by atoms with van der Waals surface area (Å²) in [6, 6.07) is 35.0. The van der Waals surface area contributed by atoms with Crippen LogP contribution in [0.5, 0.6) is 0 Å². The summed E-state index contributed by atoms with van der Waals surface area (Å²) in [5.74, 6) is 0. The molecule has 190 valence electrons. The van der Waals surface area contributed by atoms with Crippen LogP contribution in [0.25, 0.3) is 77.1 Å². The Morgan fingerprint density at radius 3 is 2.41 bits per heavy atom. The fourth-order valence-electron chi connectivity index (χ4n) is 7.18. The first-order valence-corrected chi connectivity index (χ1v) is 13.9. The average molecular weight is 524 g/mol. The predicted octanol–water partition coefficient (Wildman–Crippen LogP) is 8.25. The lowest BCUT2D eigenvalue weighted by molar-refractivity contribution is 1.18. The average Bonchev–Trinajstić information content (AvgIpc) is 3.69. The number of para-hydroxylation sites is 2. The minimum Gasteiger partial charge on any atom is -0.309 e. The molecule has 0 atom stereocenters. The zero-order valence-electron chi connectivity index (χ0n) is 21.9. The lowest BCUT2D eigenvalue weighted by atomic mass is 9.97. The molecule has 41 heavy (non-hydrogen) atoms. The molecule has 1 aliphatic rings. The zero-order chi connectivity index (χ0) is 26.7. The van der Waals surface area contributed by atoms with Crippen molar-refractivity contribution in [2.24, 2.45) is 0 Å². The highest BCUT2D eigenvalue weighted by molar-refractivity contribution is 6.17. The summed E-state index contributed by atoms with van der Waals surface area (Å²) in [5, 5.41) is 6.16. The van der Waals surface area contributed by atoms with Crippen LogP contribution in [-0.2, 0) is 6.42 Å². The summed E-state index contributed by atoms with van der Waals surface area (Å²) in [5.41, 5.74) is 12.7. The number of hydrogen-bond acceptors (Lipinski definition) is 3. The fraction of sp³-hybridized carbons (Fsp3) is 0.0278. The highest BCUT2D eigenvalue weighted by atomic mass is 15.1. The van der Waals surface area contributed by atoms with Gasteiger partial charge in [0.15, 0.2) is 5.65 Å². The van der Waals surface area contributed by atoms with Crippen molar-refractivity contribution in [2.75, 3.05) is 0 Å². The molecule has 0 saturated carbocycles. The first-order valence-electron chi connectivity index (χ1n) is 13.9. The van der Waals surface area contributed by atoms with Crippen molar-refractivity contribution in [3.05, 3.63) is 127 Å². The van der Waals surface area contributed by atoms with Crippen LogP contribution in [0.3, 0.4) is 0 Å². The van der Waals surface area contributed by atoms with E-state index in [1.165, 1.54) is 65.9 Å². The van der Waals surface area contributed by atoms with Crippen molar-refractivity contribution in [1.29, 1.82) is 0 Å². The highest BCUT2D eigenvalue weighted by Crippen LogP contribution is 2.46. The van der Waals surface area contributed by atoms with Crippen LogP contribution < -0.4 is 0 Å². The fourth-order valence-corrected chi connectivity index (χ4v) is 7.18. The van der Waals surface area contributed by atoms with Gasteiger partial charge < -0.3 is 4.57 Å². The van der Waals surface area contributed by atoms with Crippen LogP contribution in [0.15, 0.2) is 116 Å². The van der Waals surface area contributed by atoms with Gasteiger partial charge in [0.25, 0.3) is 0 Å². The van der Waals surface area contributed by atoms with E-state index in [4.69, 9.17) is 4.98 Å². The van der Waals surface area contributed by atoms with Crippen molar-refractivity contribution in [2.45, 2.75) is 6.42 Å². The molecular weight excluding hydrogens is 502 g/mol. The van der Waals surface area contributed by atoms with Crippen molar-refractivity contribution < 1.29 is 0 Å². The molecule has 4 aromatic carbocycles. The van der Waals surface area contributed by atoms with Crippen LogP contribution >= 0.6 is 0 Å². The SMILES string of the molecule is c1ccc(-n2c3ccccc3c3cc4c(cc32)-c2ccc3c5ccncc5n5c6cccnc6nc5c3c2C4)cc1. The maximum atomic E-state index is 5.09. The van der Waals surface area contributed by atoms with Gasteiger partial charge in [-0.05, 0) is 82.6 Å². The number of aromatic nitrogens is 5. The van der Waals surface area contributed by atoms with Gasteiger partial charge in [0.1, 0.15) is 5.65 Å². The zero-order valence-corrected chi connectivity index (χ0v) is 21.9. The van der Waals surface area contributed by atoms with Gasteiger partial charge in [-0.2, -0.15) is 0 Å². The van der Waals surface area contributed by atoms with Gasteiger partial charge in [-0.3, -0.25) is 9.38 Å². The van der Waals surface area contributed by atoms with Gasteiger partial charge in [-0.15, -0.1) is 0 Å². The van der Waals surface area contributed by atoms with Crippen LogP contribution in [0.2, 0.25) is 0 Å². The van der Waals surface area contributed by atoms with E-state index in [0.29, 0.717) is 0 Å². The minimum absolute atomic E-state index is 0.757. The first kappa shape index (κ1) is 21.3. The number of hydrogen-bond donors (Lipinski definition) is 0. The second-order valence-electron chi connectivity index (χ2n) is 10.9. The third kappa shape index (κ3) is 2.68. The third-order valence-corrected chi connectivity index (χ3v) is 8.87. The Hall–Kier alpha value is -5.55. The van der Waals surface area contributed by atoms with Gasteiger partial charge in [0.2, 0.25) is 0 Å². The Bertz CT molecular complexity index is 2550. The third-order valence-electron chi connectivity index (χ3n) is 8.87. The summed E-state index contributed by atoms with van der Waals surface area (Å²) in [6.07, 6.45) is 6.51. The van der Waals surface area contributed by atoms with Crippen LogP contribution in [0.1, 0.15) is 11.1 Å². The molecule has 5 aromatic heterocycles. The minimum atomic E-state index is 0.757. The molecule has 1 aliphatic carbocycles. The number of rotatable bonds is 1. The molecule has 0 N–H and O–H groups in total. The molecule has 0 aliphatic heterocycles. The van der Waals surface area contributed by atoms with E-state index in [9.17, 15) is 0 Å². The summed E-state index contributed by atoms with van der Waals surface area (Å²) in [4.78, 5) is 14.2. The van der Waals surface area contributed by atoms with Crippen LogP contribution in [-0.4, -0.2) is 23.9 Å². The quantitative estimate of drug-likeness (QED) is 0.204. The number of pyridine rings is 3. The Labute approximate surface area is 234 Å². The largest absolute Gasteiger partial charge is 0.309 e. The molecule has 0 saturated heterocycles. The molecule has 10 rings (SSSR count). The molecule has 0 radical (unpaired) electrons. The molecule has 0 spiro atoms. The lowest BCUT2D eigenvalue weighted by Crippen LogP contribution is -1.95. The standard InChI is InChI=1S/C36H21N5/c1-2-7-22(8-3-1)40-30-10-5-4-9-24(30)28-17-21-18-29-23(27(21)19-32(28)40)12-13-26-25-14-16-37-20-33(25)41-31-11-6-15-38-35(31)39-36(41)34(26)29/h1-17,19-20H,18H2. The van der Waals surface area contributed by atoms with Crippen LogP contribution in [0.4, 0.5) is 0 Å². The number of benzene rings is 4. The topological polar surface area (TPSA) is 48.0 Å². The number of fused-ring (bicyclic) bond motifs is 15. The second kappa shape index (κ2) is 7.55. The second-order valence-corrected chi connectivity index (χ2v) is 10.9. The van der Waals surface area contributed by atoms with Crippen LogP contribution in [0, 0.1) is 0 Å². The maximum Gasteiger partial charge on any atom is 0.178 e. The first-order chi connectivity index (χ1) is 20.3. The normalized spacial score (nSPS) is 12.8. The molecule has 0 fully saturated rings. The van der Waals surface area contributed by atoms with Gasteiger partial charge in [-0.25, -0.2) is 9.97 Å². The van der Waals surface area contributed by atoms with E-state index >= 15 is 0 Å². The Morgan fingerprint density at radius 2 is 1.46 bits per heavy atom. The van der Waals surface area contributed by atoms with Gasteiger partial charge in [-0.1, -0.05) is 48.5 Å². The van der Waals surface area contributed by atoms with Crippen molar-refractivity contribution in [3.63, 3.8) is 0 Å². The molecule has 5 heteroatoms. The van der Waals surface area contributed by atoms with E-state index in [1.54, 1.807) is 0 Å². The highest BCUT2D eigenvalue weighted by Gasteiger charge is 2.26. The monoisotopic (exact) mass is 523 g/mol. The number of nitrogens with zero attached hydrogens (tertiary/aromatic N) is 5. The Balaban J connectivity index is 1.34. The van der Waals surface area contributed by atoms with Crippen molar-refractivity contribution in [1.82, 2.24) is 23.9 Å². The van der Waals surface area contributed by atoms with E-state index in [0.717, 1.165) is 28.7 Å². The lowest BCUT2D eigenvalue weighted by Gasteiger charge is -2.12. The molecule has 5 heterocycles. The smallest absolute Gasteiger partial charge is 0.178 e. The van der Waals surface area contributed by atoms with Crippen molar-refractivity contribution >= 4 is 60.3 Å². The maximum absolute atomic E-state index is 5.09. The molecule has 0 bridgehead atoms. The van der Waals surface area contributed by atoms with Crippen molar-refractivity contribution in [3.8, 4) is 16.8 Å². The molecule has 0 unspecified atom stereocenters. The Morgan fingerprint density at radius 1 is 0.610 bits per heavy atom. The van der Waals surface area contributed by atoms with E-state index < -0.39 is 0 Å². The molecular formula is C36H21N5. The summed E-state index contributed by atoms with van der Waals surface area (Å²) < 4.78 is 4.64. The summed E-state index contributed by atoms with van der Waals surface area (Å²) in [6.45, 7) is 0.